The smallest absolute Gasteiger partial charge is 0.270 e. The summed E-state index contributed by atoms with van der Waals surface area (Å²) in [6.07, 6.45) is 0. The van der Waals surface area contributed by atoms with Gasteiger partial charge < -0.3 is 4.74 Å². The molecule has 1 N–H and O–H groups in total. The topological polar surface area (TPSA) is 93.9 Å². The third-order valence-corrected chi connectivity index (χ3v) is 3.94. The largest absolute Gasteiger partial charge is 0.486 e. The second-order valence-corrected chi connectivity index (χ2v) is 5.71. The molecule has 0 aliphatic rings. The Morgan fingerprint density at radius 1 is 1.00 bits per heavy atom. The number of rotatable bonds is 5. The number of nitro benzene ring substituents is 1. The van der Waals surface area contributed by atoms with Gasteiger partial charge in [0.1, 0.15) is 12.4 Å². The van der Waals surface area contributed by atoms with Crippen LogP contribution in [0.1, 0.15) is 5.82 Å². The van der Waals surface area contributed by atoms with E-state index in [2.05, 4.69) is 15.2 Å². The molecule has 0 fully saturated rings. The summed E-state index contributed by atoms with van der Waals surface area (Å²) in [6.45, 7) is 0.222. The Morgan fingerprint density at radius 2 is 1.85 bits per heavy atom. The van der Waals surface area contributed by atoms with E-state index in [1.165, 1.54) is 12.1 Å². The first-order chi connectivity index (χ1) is 12.7. The zero-order chi connectivity index (χ0) is 17.9. The van der Waals surface area contributed by atoms with Gasteiger partial charge in [0.15, 0.2) is 11.6 Å². The number of nitrogens with zero attached hydrogens (tertiary/aromatic N) is 3. The fourth-order valence-corrected chi connectivity index (χ4v) is 2.66. The van der Waals surface area contributed by atoms with Crippen molar-refractivity contribution in [2.75, 3.05) is 0 Å². The summed E-state index contributed by atoms with van der Waals surface area (Å²) in [5.74, 6) is 1.67. The Balaban J connectivity index is 1.49. The number of H-pyrrole nitrogens is 1. The minimum Gasteiger partial charge on any atom is -0.486 e. The average Bonchev–Trinajstić information content (AvgIpc) is 3.15. The van der Waals surface area contributed by atoms with Gasteiger partial charge in [0.05, 0.1) is 4.92 Å². The van der Waals surface area contributed by atoms with Gasteiger partial charge in [-0.15, -0.1) is 0 Å². The standard InChI is InChI=1S/C19H14N4O3/c24-23(25)16-7-3-6-15(10-16)19-20-18(21-22-19)12-26-17-9-8-13-4-1-2-5-14(13)11-17/h1-11H,12H2,(H,20,21,22). The lowest BCUT2D eigenvalue weighted by molar-refractivity contribution is -0.384. The van der Waals surface area contributed by atoms with Gasteiger partial charge in [-0.3, -0.25) is 15.2 Å². The second kappa shape index (κ2) is 6.64. The lowest BCUT2D eigenvalue weighted by Gasteiger charge is -2.05. The predicted molar refractivity (Wildman–Crippen MR) is 96.8 cm³/mol. The maximum atomic E-state index is 10.9. The molecule has 3 aromatic carbocycles. The van der Waals surface area contributed by atoms with Crippen molar-refractivity contribution < 1.29 is 9.66 Å². The summed E-state index contributed by atoms with van der Waals surface area (Å²) in [5, 5.41) is 20.0. The number of aromatic nitrogens is 3. The Kier molecular flexibility index (Phi) is 4.03. The van der Waals surface area contributed by atoms with Crippen LogP contribution >= 0.6 is 0 Å². The maximum absolute atomic E-state index is 10.9. The molecule has 0 saturated carbocycles. The van der Waals surface area contributed by atoms with Gasteiger partial charge in [0, 0.05) is 17.7 Å². The van der Waals surface area contributed by atoms with E-state index in [9.17, 15) is 10.1 Å². The molecule has 1 aromatic heterocycles. The normalized spacial score (nSPS) is 10.8. The lowest BCUT2D eigenvalue weighted by Crippen LogP contribution is -1.97. The highest BCUT2D eigenvalue weighted by atomic mass is 16.6. The molecule has 0 unspecified atom stereocenters. The van der Waals surface area contributed by atoms with Crippen molar-refractivity contribution in [3.05, 3.63) is 82.7 Å². The third-order valence-electron chi connectivity index (χ3n) is 3.94. The first kappa shape index (κ1) is 15.8. The minimum absolute atomic E-state index is 0.00117. The molecule has 4 aromatic rings. The van der Waals surface area contributed by atoms with Gasteiger partial charge in [-0.05, 0) is 22.9 Å². The quantitative estimate of drug-likeness (QED) is 0.433. The lowest BCUT2D eigenvalue weighted by atomic mass is 10.1. The van der Waals surface area contributed by atoms with Crippen LogP contribution in [0.2, 0.25) is 0 Å². The highest BCUT2D eigenvalue weighted by molar-refractivity contribution is 5.83. The Labute approximate surface area is 148 Å². The molecule has 26 heavy (non-hydrogen) atoms. The van der Waals surface area contributed by atoms with Gasteiger partial charge in [0.2, 0.25) is 0 Å². The van der Waals surface area contributed by atoms with E-state index in [-0.39, 0.29) is 12.3 Å². The molecular formula is C19H14N4O3. The number of ether oxygens (including phenoxy) is 1. The first-order valence-electron chi connectivity index (χ1n) is 7.97. The number of nitro groups is 1. The van der Waals surface area contributed by atoms with Crippen LogP contribution in [-0.4, -0.2) is 20.1 Å². The average molecular weight is 346 g/mol. The number of hydrogen-bond donors (Lipinski definition) is 1. The molecule has 7 nitrogen and oxygen atoms in total. The molecule has 4 rings (SSSR count). The molecule has 0 atom stereocenters. The van der Waals surface area contributed by atoms with Gasteiger partial charge in [0.25, 0.3) is 5.69 Å². The molecule has 0 radical (unpaired) electrons. The second-order valence-electron chi connectivity index (χ2n) is 5.71. The van der Waals surface area contributed by atoms with Crippen molar-refractivity contribution >= 4 is 16.5 Å². The van der Waals surface area contributed by atoms with Crippen molar-refractivity contribution in [1.29, 1.82) is 0 Å². The summed E-state index contributed by atoms with van der Waals surface area (Å²) in [7, 11) is 0. The van der Waals surface area contributed by atoms with Crippen molar-refractivity contribution in [2.24, 2.45) is 0 Å². The van der Waals surface area contributed by atoms with Crippen LogP contribution in [0.5, 0.6) is 5.75 Å². The summed E-state index contributed by atoms with van der Waals surface area (Å²) in [5.41, 5.74) is 0.577. The Hall–Kier alpha value is -3.74. The Bertz CT molecular complexity index is 1090. The summed E-state index contributed by atoms with van der Waals surface area (Å²) >= 11 is 0. The van der Waals surface area contributed by atoms with Crippen LogP contribution in [0.3, 0.4) is 0 Å². The van der Waals surface area contributed by atoms with Crippen LogP contribution in [0.4, 0.5) is 5.69 Å². The van der Waals surface area contributed by atoms with E-state index < -0.39 is 4.92 Å². The highest BCUT2D eigenvalue weighted by Gasteiger charge is 2.11. The predicted octanol–water partition coefficient (Wildman–Crippen LogP) is 4.11. The van der Waals surface area contributed by atoms with Gasteiger partial charge >= 0.3 is 0 Å². The van der Waals surface area contributed by atoms with Gasteiger partial charge in [-0.1, -0.05) is 42.5 Å². The van der Waals surface area contributed by atoms with E-state index in [4.69, 9.17) is 4.74 Å². The van der Waals surface area contributed by atoms with Crippen molar-refractivity contribution in [1.82, 2.24) is 15.2 Å². The molecule has 0 amide bonds. The monoisotopic (exact) mass is 346 g/mol. The number of fused-ring (bicyclic) bond motifs is 1. The van der Waals surface area contributed by atoms with Crippen LogP contribution < -0.4 is 4.74 Å². The summed E-state index contributed by atoms with van der Waals surface area (Å²) in [6, 6.07) is 20.1. The number of nitrogens with one attached hydrogen (secondary N) is 1. The molecule has 0 saturated heterocycles. The highest BCUT2D eigenvalue weighted by Crippen LogP contribution is 2.22. The van der Waals surface area contributed by atoms with Crippen LogP contribution in [0.25, 0.3) is 22.2 Å². The van der Waals surface area contributed by atoms with E-state index in [1.54, 1.807) is 12.1 Å². The SMILES string of the molecule is O=[N+]([O-])c1cccc(-c2n[nH]c(COc3ccc4ccccc4c3)n2)c1. The molecule has 0 aliphatic carbocycles. The summed E-state index contributed by atoms with van der Waals surface area (Å²) < 4.78 is 5.77. The number of hydrogen-bond acceptors (Lipinski definition) is 5. The van der Waals surface area contributed by atoms with Gasteiger partial charge in [-0.2, -0.15) is 5.10 Å². The van der Waals surface area contributed by atoms with E-state index in [1.807, 2.05) is 42.5 Å². The van der Waals surface area contributed by atoms with Crippen molar-refractivity contribution in [3.63, 3.8) is 0 Å². The fraction of sp³-hybridized carbons (Fsp3) is 0.0526. The van der Waals surface area contributed by atoms with Crippen molar-refractivity contribution in [2.45, 2.75) is 6.61 Å². The number of non-ortho nitro benzene ring substituents is 1. The number of aromatic amines is 1. The molecule has 1 heterocycles. The zero-order valence-electron chi connectivity index (χ0n) is 13.6. The third kappa shape index (κ3) is 3.23. The molecular weight excluding hydrogens is 332 g/mol. The number of benzene rings is 3. The maximum Gasteiger partial charge on any atom is 0.270 e. The summed E-state index contributed by atoms with van der Waals surface area (Å²) in [4.78, 5) is 14.8. The molecule has 0 aliphatic heterocycles. The first-order valence-corrected chi connectivity index (χ1v) is 7.97. The minimum atomic E-state index is -0.445. The van der Waals surface area contributed by atoms with Crippen molar-refractivity contribution in [3.8, 4) is 17.1 Å². The fourth-order valence-electron chi connectivity index (χ4n) is 2.66. The zero-order valence-corrected chi connectivity index (χ0v) is 13.6. The van der Waals surface area contributed by atoms with Gasteiger partial charge in [-0.25, -0.2) is 4.98 Å². The van der Waals surface area contributed by atoms with E-state index in [0.717, 1.165) is 16.5 Å². The Morgan fingerprint density at radius 3 is 2.69 bits per heavy atom. The molecule has 7 heteroatoms. The van der Waals surface area contributed by atoms with Crippen LogP contribution in [-0.2, 0) is 6.61 Å². The van der Waals surface area contributed by atoms with E-state index in [0.29, 0.717) is 17.2 Å². The van der Waals surface area contributed by atoms with E-state index >= 15 is 0 Å². The van der Waals surface area contributed by atoms with Crippen LogP contribution in [0.15, 0.2) is 66.7 Å². The molecule has 128 valence electrons. The molecule has 0 spiro atoms. The van der Waals surface area contributed by atoms with Crippen LogP contribution in [0, 0.1) is 10.1 Å². The molecule has 0 bridgehead atoms.